The molecule has 1 aromatic heterocycles. The highest BCUT2D eigenvalue weighted by molar-refractivity contribution is 6.23. The normalized spacial score (nSPS) is 15.6. The van der Waals surface area contributed by atoms with Crippen LogP contribution in [0.25, 0.3) is 22.6 Å². The monoisotopic (exact) mass is 513 g/mol. The van der Waals surface area contributed by atoms with E-state index in [1.54, 1.807) is 24.3 Å². The van der Waals surface area contributed by atoms with E-state index in [0.717, 1.165) is 16.0 Å². The highest BCUT2D eigenvalue weighted by Gasteiger charge is 2.45. The lowest BCUT2D eigenvalue weighted by Crippen LogP contribution is -2.49. The summed E-state index contributed by atoms with van der Waals surface area (Å²) < 4.78 is 16.4. The number of methoxy groups -OCH3 is 2. The minimum absolute atomic E-state index is 0.00680. The summed E-state index contributed by atoms with van der Waals surface area (Å²) in [6.45, 7) is 0.00680. The van der Waals surface area contributed by atoms with Crippen molar-refractivity contribution >= 4 is 34.5 Å². The second-order valence-corrected chi connectivity index (χ2v) is 8.93. The Morgan fingerprint density at radius 1 is 1.00 bits per heavy atom. The molecule has 2 heterocycles. The molecule has 1 atom stereocenters. The van der Waals surface area contributed by atoms with Gasteiger partial charge in [-0.25, -0.2) is 9.88 Å². The van der Waals surface area contributed by atoms with E-state index in [1.807, 2.05) is 54.6 Å². The fraction of sp³-hybridized carbons (Fsp3) is 0.241. The van der Waals surface area contributed by atoms with Crippen molar-refractivity contribution in [3.05, 3.63) is 84.4 Å². The summed E-state index contributed by atoms with van der Waals surface area (Å²) in [6.07, 6.45) is -0.799. The van der Waals surface area contributed by atoms with Crippen molar-refractivity contribution in [1.82, 2.24) is 9.88 Å². The van der Waals surface area contributed by atoms with E-state index in [0.29, 0.717) is 22.7 Å². The lowest BCUT2D eigenvalue weighted by Gasteiger charge is -2.30. The maximum Gasteiger partial charge on any atom is 0.257 e. The van der Waals surface area contributed by atoms with Gasteiger partial charge in [0, 0.05) is 19.8 Å². The predicted octanol–water partition coefficient (Wildman–Crippen LogP) is 3.82. The number of imide groups is 1. The Bertz CT molecular complexity index is 1410. The van der Waals surface area contributed by atoms with Crippen molar-refractivity contribution in [3.63, 3.8) is 0 Å². The molecule has 0 saturated carbocycles. The third-order valence-corrected chi connectivity index (χ3v) is 6.56. The first-order valence-electron chi connectivity index (χ1n) is 12.2. The average Bonchev–Trinajstić information content (AvgIpc) is 3.50. The van der Waals surface area contributed by atoms with Gasteiger partial charge in [-0.1, -0.05) is 42.5 Å². The van der Waals surface area contributed by atoms with E-state index in [4.69, 9.17) is 13.9 Å². The van der Waals surface area contributed by atoms with E-state index >= 15 is 0 Å². The molecule has 3 amide bonds. The number of hydrogen-bond acceptors (Lipinski definition) is 7. The Morgan fingerprint density at radius 3 is 2.37 bits per heavy atom. The first-order chi connectivity index (χ1) is 18.5. The third kappa shape index (κ3) is 5.06. The molecule has 0 spiro atoms. The number of para-hydroxylation sites is 2. The minimum Gasteiger partial charge on any atom is -0.436 e. The number of aromatic nitrogens is 1. The zero-order chi connectivity index (χ0) is 26.6. The number of oxazole rings is 1. The molecule has 0 bridgehead atoms. The number of benzene rings is 3. The first-order valence-corrected chi connectivity index (χ1v) is 12.2. The minimum atomic E-state index is -0.969. The van der Waals surface area contributed by atoms with Gasteiger partial charge in [0.05, 0.1) is 25.1 Å². The van der Waals surface area contributed by atoms with Gasteiger partial charge in [-0.2, -0.15) is 0 Å². The molecule has 1 unspecified atom stereocenters. The zero-order valence-electron chi connectivity index (χ0n) is 21.1. The van der Waals surface area contributed by atoms with Crippen molar-refractivity contribution in [2.75, 3.05) is 25.7 Å². The lowest BCUT2D eigenvalue weighted by molar-refractivity contribution is -0.152. The van der Waals surface area contributed by atoms with Gasteiger partial charge in [0.1, 0.15) is 11.6 Å². The number of hydrogen-bond donors (Lipinski definition) is 0. The quantitative estimate of drug-likeness (QED) is 0.248. The first kappa shape index (κ1) is 25.3. The molecule has 0 radical (unpaired) electrons. The number of rotatable bonds is 9. The van der Waals surface area contributed by atoms with Crippen LogP contribution in [0.1, 0.15) is 12.0 Å². The average molecular weight is 514 g/mol. The molecule has 1 saturated heterocycles. The molecular weight excluding hydrogens is 486 g/mol. The molecule has 1 aliphatic heterocycles. The molecule has 3 aromatic carbocycles. The van der Waals surface area contributed by atoms with Crippen molar-refractivity contribution in [2.45, 2.75) is 25.2 Å². The molecule has 4 aromatic rings. The molecule has 38 heavy (non-hydrogen) atoms. The number of anilines is 1. The van der Waals surface area contributed by atoms with Crippen molar-refractivity contribution < 1.29 is 28.3 Å². The molecule has 9 nitrogen and oxygen atoms in total. The summed E-state index contributed by atoms with van der Waals surface area (Å²) in [5.74, 6) is -0.720. The summed E-state index contributed by atoms with van der Waals surface area (Å²) in [5.41, 5.74) is 3.34. The van der Waals surface area contributed by atoms with Crippen molar-refractivity contribution in [2.24, 2.45) is 0 Å². The number of nitrogens with zero attached hydrogens (tertiary/aromatic N) is 3. The molecule has 1 aliphatic rings. The van der Waals surface area contributed by atoms with Crippen LogP contribution in [0.2, 0.25) is 0 Å². The molecular formula is C29H27N3O6. The van der Waals surface area contributed by atoms with Gasteiger partial charge in [0.2, 0.25) is 17.7 Å². The number of ether oxygens (including phenoxy) is 2. The maximum atomic E-state index is 13.5. The fourth-order valence-electron chi connectivity index (χ4n) is 4.56. The van der Waals surface area contributed by atoms with Crippen LogP contribution in [0.15, 0.2) is 83.3 Å². The van der Waals surface area contributed by atoms with Crippen LogP contribution < -0.4 is 4.90 Å². The van der Waals surface area contributed by atoms with Gasteiger partial charge in [0.25, 0.3) is 5.91 Å². The Kier molecular flexibility index (Phi) is 7.30. The Hall–Kier alpha value is -4.34. The van der Waals surface area contributed by atoms with Gasteiger partial charge < -0.3 is 18.8 Å². The van der Waals surface area contributed by atoms with E-state index in [9.17, 15) is 14.4 Å². The van der Waals surface area contributed by atoms with E-state index in [-0.39, 0.29) is 25.3 Å². The van der Waals surface area contributed by atoms with Crippen LogP contribution >= 0.6 is 0 Å². The molecule has 5 rings (SSSR count). The van der Waals surface area contributed by atoms with Crippen molar-refractivity contribution in [1.29, 1.82) is 0 Å². The van der Waals surface area contributed by atoms with Crippen LogP contribution in [0.3, 0.4) is 0 Å². The van der Waals surface area contributed by atoms with Crippen LogP contribution in [0.4, 0.5) is 5.69 Å². The maximum absolute atomic E-state index is 13.5. The van der Waals surface area contributed by atoms with Gasteiger partial charge in [-0.15, -0.1) is 0 Å². The van der Waals surface area contributed by atoms with E-state index in [2.05, 4.69) is 4.98 Å². The summed E-state index contributed by atoms with van der Waals surface area (Å²) in [5, 5.41) is 0. The topological polar surface area (TPSA) is 102 Å². The van der Waals surface area contributed by atoms with Gasteiger partial charge >= 0.3 is 0 Å². The van der Waals surface area contributed by atoms with E-state index < -0.39 is 24.1 Å². The number of amides is 3. The van der Waals surface area contributed by atoms with Gasteiger partial charge in [0.15, 0.2) is 11.9 Å². The van der Waals surface area contributed by atoms with Crippen LogP contribution in [-0.4, -0.2) is 60.7 Å². The highest BCUT2D eigenvalue weighted by atomic mass is 16.7. The highest BCUT2D eigenvalue weighted by Crippen LogP contribution is 2.30. The molecule has 9 heteroatoms. The summed E-state index contributed by atoms with van der Waals surface area (Å²) >= 11 is 0. The second kappa shape index (κ2) is 11.0. The number of carbonyl (C=O) groups is 3. The molecule has 1 fully saturated rings. The van der Waals surface area contributed by atoms with Crippen LogP contribution in [-0.2, 0) is 30.3 Å². The van der Waals surface area contributed by atoms with E-state index in [1.165, 1.54) is 19.1 Å². The molecule has 0 aliphatic carbocycles. The summed E-state index contributed by atoms with van der Waals surface area (Å²) in [7, 11) is 2.92. The summed E-state index contributed by atoms with van der Waals surface area (Å²) in [4.78, 5) is 46.9. The molecule has 194 valence electrons. The summed E-state index contributed by atoms with van der Waals surface area (Å²) in [6, 6.07) is 22.6. The predicted molar refractivity (Wildman–Crippen MR) is 140 cm³/mol. The molecule has 0 N–H and O–H groups in total. The zero-order valence-corrected chi connectivity index (χ0v) is 21.1. The third-order valence-electron chi connectivity index (χ3n) is 6.56. The van der Waals surface area contributed by atoms with Crippen LogP contribution in [0, 0.1) is 0 Å². The smallest absolute Gasteiger partial charge is 0.257 e. The SMILES string of the molecule is COC(CN(C(=O)Cc1ccccc1)C1CC(=O)N(c2ccc(-c3nc4ccccc4o3)cc2)C1=O)OC. The van der Waals surface area contributed by atoms with Crippen molar-refractivity contribution in [3.8, 4) is 11.5 Å². The second-order valence-electron chi connectivity index (χ2n) is 8.93. The van der Waals surface area contributed by atoms with Crippen LogP contribution in [0.5, 0.6) is 0 Å². The Morgan fingerprint density at radius 2 is 1.68 bits per heavy atom. The number of carbonyl (C=O) groups excluding carboxylic acids is 3. The lowest BCUT2D eigenvalue weighted by atomic mass is 10.1. The Balaban J connectivity index is 1.38. The Labute approximate surface area is 219 Å². The standard InChI is InChI=1S/C29H27N3O6/c1-36-27(37-2)18-31(25(33)16-19-8-4-3-5-9-19)23-17-26(34)32(29(23)35)21-14-12-20(13-15-21)28-30-22-10-6-7-11-24(22)38-28/h3-15,23,27H,16-18H2,1-2H3. The fourth-order valence-corrected chi connectivity index (χ4v) is 4.56. The largest absolute Gasteiger partial charge is 0.436 e. The van der Waals surface area contributed by atoms with Gasteiger partial charge in [-0.05, 0) is 42.0 Å². The number of fused-ring (bicyclic) bond motifs is 1. The van der Waals surface area contributed by atoms with Gasteiger partial charge in [-0.3, -0.25) is 14.4 Å².